The molecule has 1 aliphatic heterocycles. The molecule has 26 heavy (non-hydrogen) atoms. The van der Waals surface area contributed by atoms with Crippen molar-refractivity contribution < 1.29 is 14.4 Å². The standard InChI is InChI=1S/C20H24N2O3S/c1-14-6-8-16(9-7-14)12-17-19(24)22(20(25)26-17)11-10-21-18(23)13-15-4-2-3-5-15/h6-9,12,15H,2-5,10-11,13H2,1H3,(H,21,23). The molecule has 0 unspecified atom stereocenters. The topological polar surface area (TPSA) is 66.5 Å². The predicted molar refractivity (Wildman–Crippen MR) is 103 cm³/mol. The Morgan fingerprint density at radius 1 is 1.23 bits per heavy atom. The molecule has 2 aliphatic rings. The molecular weight excluding hydrogens is 348 g/mol. The molecule has 0 aromatic heterocycles. The van der Waals surface area contributed by atoms with Crippen LogP contribution >= 0.6 is 11.8 Å². The predicted octanol–water partition coefficient (Wildman–Crippen LogP) is 3.73. The molecule has 0 radical (unpaired) electrons. The Morgan fingerprint density at radius 3 is 2.62 bits per heavy atom. The van der Waals surface area contributed by atoms with Gasteiger partial charge in [0.05, 0.1) is 4.91 Å². The second kappa shape index (κ2) is 8.54. The highest BCUT2D eigenvalue weighted by Gasteiger charge is 2.34. The van der Waals surface area contributed by atoms with Crippen LogP contribution in [0.5, 0.6) is 0 Å². The second-order valence-electron chi connectivity index (χ2n) is 6.95. The van der Waals surface area contributed by atoms with Gasteiger partial charge < -0.3 is 5.32 Å². The molecule has 3 amide bonds. The zero-order valence-corrected chi connectivity index (χ0v) is 15.8. The van der Waals surface area contributed by atoms with Crippen molar-refractivity contribution in [1.29, 1.82) is 0 Å². The van der Waals surface area contributed by atoms with Crippen molar-refractivity contribution >= 4 is 34.9 Å². The van der Waals surface area contributed by atoms with Gasteiger partial charge in [0.2, 0.25) is 5.91 Å². The summed E-state index contributed by atoms with van der Waals surface area (Å²) >= 11 is 0.952. The molecule has 138 valence electrons. The van der Waals surface area contributed by atoms with Crippen LogP contribution in [-0.2, 0) is 9.59 Å². The summed E-state index contributed by atoms with van der Waals surface area (Å²) in [5.41, 5.74) is 2.04. The van der Waals surface area contributed by atoms with E-state index in [1.807, 2.05) is 31.2 Å². The molecule has 1 aromatic carbocycles. The van der Waals surface area contributed by atoms with Gasteiger partial charge in [-0.3, -0.25) is 19.3 Å². The number of benzene rings is 1. The van der Waals surface area contributed by atoms with Crippen molar-refractivity contribution in [2.75, 3.05) is 13.1 Å². The highest BCUT2D eigenvalue weighted by atomic mass is 32.2. The molecular formula is C20H24N2O3S. The highest BCUT2D eigenvalue weighted by molar-refractivity contribution is 8.18. The van der Waals surface area contributed by atoms with Crippen LogP contribution in [0.25, 0.3) is 6.08 Å². The highest BCUT2D eigenvalue weighted by Crippen LogP contribution is 2.32. The number of carbonyl (C=O) groups is 3. The Hall–Kier alpha value is -2.08. The third-order valence-electron chi connectivity index (χ3n) is 4.86. The fraction of sp³-hybridized carbons (Fsp3) is 0.450. The van der Waals surface area contributed by atoms with Gasteiger partial charge in [-0.15, -0.1) is 0 Å². The fourth-order valence-corrected chi connectivity index (χ4v) is 4.23. The van der Waals surface area contributed by atoms with Gasteiger partial charge in [-0.25, -0.2) is 0 Å². The lowest BCUT2D eigenvalue weighted by Gasteiger charge is -2.14. The minimum atomic E-state index is -0.286. The third-order valence-corrected chi connectivity index (χ3v) is 5.76. The van der Waals surface area contributed by atoms with Crippen molar-refractivity contribution in [2.24, 2.45) is 5.92 Å². The number of imide groups is 1. The molecule has 5 nitrogen and oxygen atoms in total. The maximum absolute atomic E-state index is 12.4. The van der Waals surface area contributed by atoms with Crippen molar-refractivity contribution in [3.05, 3.63) is 40.3 Å². The zero-order chi connectivity index (χ0) is 18.5. The van der Waals surface area contributed by atoms with Gasteiger partial charge in [0.1, 0.15) is 0 Å². The number of rotatable bonds is 6. The van der Waals surface area contributed by atoms with E-state index in [9.17, 15) is 14.4 Å². The first-order valence-electron chi connectivity index (χ1n) is 9.11. The van der Waals surface area contributed by atoms with E-state index in [1.54, 1.807) is 6.08 Å². The number of aryl methyl sites for hydroxylation is 1. The van der Waals surface area contributed by atoms with E-state index in [-0.39, 0.29) is 23.6 Å². The average molecular weight is 372 g/mol. The van der Waals surface area contributed by atoms with Crippen LogP contribution in [0.1, 0.15) is 43.2 Å². The lowest BCUT2D eigenvalue weighted by molar-refractivity contribution is -0.124. The largest absolute Gasteiger partial charge is 0.354 e. The van der Waals surface area contributed by atoms with Gasteiger partial charge in [0, 0.05) is 19.5 Å². The van der Waals surface area contributed by atoms with Gasteiger partial charge in [0.25, 0.3) is 11.1 Å². The van der Waals surface area contributed by atoms with Crippen LogP contribution < -0.4 is 5.32 Å². The smallest absolute Gasteiger partial charge is 0.293 e. The Bertz CT molecular complexity index is 721. The van der Waals surface area contributed by atoms with Crippen LogP contribution in [0.2, 0.25) is 0 Å². The van der Waals surface area contributed by atoms with Crippen LogP contribution in [0.3, 0.4) is 0 Å². The Labute approximate surface area is 158 Å². The average Bonchev–Trinajstić information content (AvgIpc) is 3.20. The van der Waals surface area contributed by atoms with Crippen LogP contribution in [0.4, 0.5) is 4.79 Å². The fourth-order valence-electron chi connectivity index (χ4n) is 3.36. The van der Waals surface area contributed by atoms with Gasteiger partial charge in [-0.1, -0.05) is 42.7 Å². The van der Waals surface area contributed by atoms with Crippen LogP contribution in [0.15, 0.2) is 29.2 Å². The van der Waals surface area contributed by atoms with E-state index in [2.05, 4.69) is 5.32 Å². The first-order valence-corrected chi connectivity index (χ1v) is 9.93. The summed E-state index contributed by atoms with van der Waals surface area (Å²) in [6.45, 7) is 2.52. The second-order valence-corrected chi connectivity index (χ2v) is 7.94. The maximum Gasteiger partial charge on any atom is 0.293 e. The summed E-state index contributed by atoms with van der Waals surface area (Å²) in [6.07, 6.45) is 6.96. The Kier molecular flexibility index (Phi) is 6.14. The van der Waals surface area contributed by atoms with Crippen molar-refractivity contribution in [3.8, 4) is 0 Å². The summed E-state index contributed by atoms with van der Waals surface area (Å²) in [6, 6.07) is 7.78. The molecule has 1 aliphatic carbocycles. The van der Waals surface area contributed by atoms with Crippen molar-refractivity contribution in [3.63, 3.8) is 0 Å². The molecule has 3 rings (SSSR count). The minimum Gasteiger partial charge on any atom is -0.354 e. The van der Waals surface area contributed by atoms with Gasteiger partial charge in [-0.05, 0) is 49.1 Å². The quantitative estimate of drug-likeness (QED) is 0.773. The Morgan fingerprint density at radius 2 is 1.92 bits per heavy atom. The third kappa shape index (κ3) is 4.75. The van der Waals surface area contributed by atoms with Crippen molar-refractivity contribution in [2.45, 2.75) is 39.0 Å². The molecule has 2 fully saturated rings. The Balaban J connectivity index is 1.50. The number of carbonyl (C=O) groups excluding carboxylic acids is 3. The summed E-state index contributed by atoms with van der Waals surface area (Å²) in [4.78, 5) is 38.1. The summed E-state index contributed by atoms with van der Waals surface area (Å²) in [5.74, 6) is 0.217. The summed E-state index contributed by atoms with van der Waals surface area (Å²) in [5, 5.41) is 2.56. The normalized spacial score (nSPS) is 19.6. The van der Waals surface area contributed by atoms with Crippen LogP contribution in [0, 0.1) is 12.8 Å². The lowest BCUT2D eigenvalue weighted by Crippen LogP contribution is -2.37. The van der Waals surface area contributed by atoms with E-state index in [0.717, 1.165) is 35.7 Å². The van der Waals surface area contributed by atoms with Crippen molar-refractivity contribution in [1.82, 2.24) is 10.2 Å². The molecule has 1 saturated carbocycles. The molecule has 1 N–H and O–H groups in total. The van der Waals surface area contributed by atoms with E-state index < -0.39 is 0 Å². The lowest BCUT2D eigenvalue weighted by atomic mass is 10.0. The molecule has 0 bridgehead atoms. The minimum absolute atomic E-state index is 0.0130. The SMILES string of the molecule is Cc1ccc(C=C2SC(=O)N(CCNC(=O)CC3CCCC3)C2=O)cc1. The number of thioether (sulfide) groups is 1. The van der Waals surface area contributed by atoms with E-state index in [1.165, 1.54) is 17.7 Å². The molecule has 0 spiro atoms. The monoisotopic (exact) mass is 372 g/mol. The number of nitrogens with one attached hydrogen (secondary N) is 1. The molecule has 1 aromatic rings. The van der Waals surface area contributed by atoms with E-state index in [4.69, 9.17) is 0 Å². The van der Waals surface area contributed by atoms with Crippen LogP contribution in [-0.4, -0.2) is 35.0 Å². The first kappa shape index (κ1) is 18.7. The molecule has 1 heterocycles. The van der Waals surface area contributed by atoms with Gasteiger partial charge in [0.15, 0.2) is 0 Å². The number of hydrogen-bond donors (Lipinski definition) is 1. The van der Waals surface area contributed by atoms with E-state index >= 15 is 0 Å². The number of nitrogens with zero attached hydrogens (tertiary/aromatic N) is 1. The molecule has 1 saturated heterocycles. The maximum atomic E-state index is 12.4. The first-order chi connectivity index (χ1) is 12.5. The molecule has 0 atom stereocenters. The number of amides is 3. The zero-order valence-electron chi connectivity index (χ0n) is 15.0. The number of hydrogen-bond acceptors (Lipinski definition) is 4. The van der Waals surface area contributed by atoms with E-state index in [0.29, 0.717) is 23.8 Å². The molecule has 6 heteroatoms. The van der Waals surface area contributed by atoms with Gasteiger partial charge in [-0.2, -0.15) is 0 Å². The van der Waals surface area contributed by atoms with Gasteiger partial charge >= 0.3 is 0 Å². The summed E-state index contributed by atoms with van der Waals surface area (Å²) in [7, 11) is 0. The summed E-state index contributed by atoms with van der Waals surface area (Å²) < 4.78 is 0.